The van der Waals surface area contributed by atoms with E-state index >= 15 is 0 Å². The summed E-state index contributed by atoms with van der Waals surface area (Å²) in [5.74, 6) is 0. The summed E-state index contributed by atoms with van der Waals surface area (Å²) in [7, 11) is 0. The Bertz CT molecular complexity index is 285. The first-order chi connectivity index (χ1) is 6.48. The third-order valence-electron chi connectivity index (χ3n) is 1.47. The molecular weight excluding hydrogens is 257 g/mol. The second-order valence-electron chi connectivity index (χ2n) is 2.53. The molecule has 0 aromatic carbocycles. The molecule has 88 valence electrons. The van der Waals surface area contributed by atoms with Gasteiger partial charge in [0, 0.05) is 0 Å². The van der Waals surface area contributed by atoms with Gasteiger partial charge in [0.05, 0.1) is 0 Å². The average molecular weight is 259 g/mol. The van der Waals surface area contributed by atoms with Crippen LogP contribution in [0.25, 0.3) is 0 Å². The second kappa shape index (κ2) is 3.06. The van der Waals surface area contributed by atoms with Gasteiger partial charge in [0.15, 0.2) is 0 Å². The van der Waals surface area contributed by atoms with Crippen LogP contribution in [-0.2, 0) is 9.47 Å². The maximum atomic E-state index is 12.1. The maximum absolute atomic E-state index is 12.1. The molecule has 1 aliphatic heterocycles. The van der Waals surface area contributed by atoms with E-state index in [2.05, 4.69) is 21.1 Å². The van der Waals surface area contributed by atoms with Gasteiger partial charge in [0.2, 0.25) is 0 Å². The number of hydrogen-bond acceptors (Lipinski definition) is 3. The van der Waals surface area contributed by atoms with Crippen molar-refractivity contribution in [3.05, 3.63) is 0 Å². The number of carbonyl (C=O) groups is 1. The Morgan fingerprint density at radius 3 is 1.93 bits per heavy atom. The van der Waals surface area contributed by atoms with Gasteiger partial charge in [-0.25, -0.2) is 4.79 Å². The molecule has 0 N–H and O–H groups in total. The van der Waals surface area contributed by atoms with E-state index in [0.29, 0.717) is 0 Å². The Kier molecular flexibility index (Phi) is 2.49. The van der Waals surface area contributed by atoms with Gasteiger partial charge < -0.3 is 9.47 Å². The fraction of sp³-hybridized carbons (Fsp3) is 0.800. The van der Waals surface area contributed by atoms with E-state index in [1.807, 2.05) is 0 Å². The summed E-state index contributed by atoms with van der Waals surface area (Å²) in [6.45, 7) is 0. The molecule has 0 saturated carbocycles. The minimum atomic E-state index is -5.60. The fourth-order valence-corrected chi connectivity index (χ4v) is 1.09. The zero-order valence-corrected chi connectivity index (χ0v) is 7.20. The quantitative estimate of drug-likeness (QED) is 0.381. The summed E-state index contributed by atoms with van der Waals surface area (Å²) in [5.41, 5.74) is 0. The van der Waals surface area contributed by atoms with E-state index in [4.69, 9.17) is 0 Å². The van der Waals surface area contributed by atoms with Crippen LogP contribution in [0.2, 0.25) is 0 Å². The van der Waals surface area contributed by atoms with Gasteiger partial charge in [-0.2, -0.15) is 26.3 Å². The molecule has 2 atom stereocenters. The van der Waals surface area contributed by atoms with Gasteiger partial charge in [0.1, 0.15) is 0 Å². The molecule has 15 heavy (non-hydrogen) atoms. The van der Waals surface area contributed by atoms with Crippen LogP contribution in [0.1, 0.15) is 0 Å². The minimum Gasteiger partial charge on any atom is -0.415 e. The summed E-state index contributed by atoms with van der Waals surface area (Å²) < 4.78 is 79.0. The van der Waals surface area contributed by atoms with E-state index in [0.717, 1.165) is 0 Å². The number of hydrogen-bond donors (Lipinski definition) is 0. The van der Waals surface area contributed by atoms with Gasteiger partial charge in [0.25, 0.3) is 6.10 Å². The lowest BCUT2D eigenvalue weighted by atomic mass is 10.2. The zero-order valence-electron chi connectivity index (χ0n) is 6.45. The van der Waals surface area contributed by atoms with Crippen LogP contribution in [0.15, 0.2) is 0 Å². The molecule has 2 unspecified atom stereocenters. The molecule has 1 rings (SSSR count). The van der Waals surface area contributed by atoms with Crippen LogP contribution in [-0.4, -0.2) is 29.7 Å². The molecule has 0 aliphatic carbocycles. The Hall–Kier alpha value is -0.860. The summed E-state index contributed by atoms with van der Waals surface area (Å²) in [5, 5.41) is -4.22. The first-order valence-electron chi connectivity index (χ1n) is 3.20. The number of carbonyl (C=O) groups excluding carboxylic acids is 1. The van der Waals surface area contributed by atoms with Gasteiger partial charge in [-0.15, -0.1) is 0 Å². The average Bonchev–Trinajstić information content (AvgIpc) is 2.24. The summed E-state index contributed by atoms with van der Waals surface area (Å²) in [4.78, 5) is 10.2. The van der Waals surface area contributed by atoms with E-state index in [1.54, 1.807) is 0 Å². The Morgan fingerprint density at radius 2 is 1.67 bits per heavy atom. The van der Waals surface area contributed by atoms with Crippen LogP contribution in [0.5, 0.6) is 0 Å². The number of cyclic esters (lactones) is 2. The predicted octanol–water partition coefficient (Wildman–Crippen LogP) is 2.58. The largest absolute Gasteiger partial charge is 0.511 e. The standard InChI is InChI=1S/C5HClF6O3/c6-3(5(10,11)12)1(4(7,8)9)14-2(13)15-3/h1H. The van der Waals surface area contributed by atoms with Crippen LogP contribution < -0.4 is 0 Å². The molecule has 3 nitrogen and oxygen atoms in total. The maximum Gasteiger partial charge on any atom is 0.511 e. The van der Waals surface area contributed by atoms with Crippen molar-refractivity contribution in [3.63, 3.8) is 0 Å². The molecule has 1 fully saturated rings. The molecule has 0 aromatic rings. The topological polar surface area (TPSA) is 35.5 Å². The molecule has 1 aliphatic rings. The number of alkyl halides is 7. The van der Waals surface area contributed by atoms with Crippen LogP contribution in [0.3, 0.4) is 0 Å². The Balaban J connectivity index is 3.12. The first kappa shape index (κ1) is 12.2. The van der Waals surface area contributed by atoms with Gasteiger partial charge in [-0.3, -0.25) is 0 Å². The zero-order chi connectivity index (χ0) is 12.1. The third kappa shape index (κ3) is 1.92. The van der Waals surface area contributed by atoms with E-state index in [1.165, 1.54) is 0 Å². The Morgan fingerprint density at radius 1 is 1.20 bits per heavy atom. The lowest BCUT2D eigenvalue weighted by Crippen LogP contribution is -2.54. The lowest BCUT2D eigenvalue weighted by Gasteiger charge is -2.27. The molecule has 1 saturated heterocycles. The molecule has 0 aromatic heterocycles. The summed E-state index contributed by atoms with van der Waals surface area (Å²) >= 11 is 4.58. The molecule has 0 spiro atoms. The van der Waals surface area contributed by atoms with E-state index in [-0.39, 0.29) is 0 Å². The monoisotopic (exact) mass is 258 g/mol. The summed E-state index contributed by atoms with van der Waals surface area (Å²) in [6, 6.07) is 0. The van der Waals surface area contributed by atoms with Crippen molar-refractivity contribution in [1.29, 1.82) is 0 Å². The highest BCUT2D eigenvalue weighted by Gasteiger charge is 2.75. The number of ether oxygens (including phenoxy) is 2. The highest BCUT2D eigenvalue weighted by atomic mass is 35.5. The van der Waals surface area contributed by atoms with Crippen molar-refractivity contribution in [2.24, 2.45) is 0 Å². The van der Waals surface area contributed by atoms with E-state index in [9.17, 15) is 31.1 Å². The normalized spacial score (nSPS) is 32.5. The molecule has 0 bridgehead atoms. The van der Waals surface area contributed by atoms with Crippen molar-refractivity contribution in [1.82, 2.24) is 0 Å². The Labute approximate surface area is 82.9 Å². The lowest BCUT2D eigenvalue weighted by molar-refractivity contribution is -0.276. The van der Waals surface area contributed by atoms with Crippen molar-refractivity contribution in [3.8, 4) is 0 Å². The van der Waals surface area contributed by atoms with Gasteiger partial charge >= 0.3 is 23.6 Å². The van der Waals surface area contributed by atoms with Crippen LogP contribution >= 0.6 is 11.6 Å². The molecular formula is C5HClF6O3. The van der Waals surface area contributed by atoms with Crippen LogP contribution in [0, 0.1) is 0 Å². The number of rotatable bonds is 0. The predicted molar refractivity (Wildman–Crippen MR) is 32.0 cm³/mol. The smallest absolute Gasteiger partial charge is 0.415 e. The SMILES string of the molecule is O=C1OC(C(F)(F)F)C(Cl)(C(F)(F)F)O1. The molecule has 0 amide bonds. The van der Waals surface area contributed by atoms with E-state index < -0.39 is 29.7 Å². The highest BCUT2D eigenvalue weighted by Crippen LogP contribution is 2.49. The van der Waals surface area contributed by atoms with Crippen molar-refractivity contribution in [2.45, 2.75) is 23.5 Å². The van der Waals surface area contributed by atoms with Gasteiger partial charge in [-0.05, 0) is 0 Å². The van der Waals surface area contributed by atoms with Crippen LogP contribution in [0.4, 0.5) is 31.1 Å². The summed E-state index contributed by atoms with van der Waals surface area (Å²) in [6.07, 6.45) is -16.8. The number of halogens is 7. The van der Waals surface area contributed by atoms with Crippen molar-refractivity contribution >= 4 is 17.8 Å². The van der Waals surface area contributed by atoms with Crippen molar-refractivity contribution in [2.75, 3.05) is 0 Å². The van der Waals surface area contributed by atoms with Gasteiger partial charge in [-0.1, -0.05) is 11.6 Å². The molecule has 1 heterocycles. The first-order valence-corrected chi connectivity index (χ1v) is 3.58. The van der Waals surface area contributed by atoms with Crippen molar-refractivity contribution < 1.29 is 40.6 Å². The molecule has 10 heteroatoms. The highest BCUT2D eigenvalue weighted by molar-refractivity contribution is 6.25. The third-order valence-corrected chi connectivity index (χ3v) is 1.96. The minimum absolute atomic E-state index is 2.12. The fourth-order valence-electron chi connectivity index (χ4n) is 0.855. The molecule has 0 radical (unpaired) electrons. The second-order valence-corrected chi connectivity index (χ2v) is 3.10.